The molecule has 3 atom stereocenters. The molecule has 2 aliphatic rings. The molecule has 1 saturated carbocycles. The molecule has 2 heterocycles. The Kier molecular flexibility index (Phi) is 4.78. The Bertz CT molecular complexity index is 798. The smallest absolute Gasteiger partial charge is 0.223 e. The van der Waals surface area contributed by atoms with Crippen LogP contribution in [0.5, 0.6) is 0 Å². The largest absolute Gasteiger partial charge is 0.388 e. The van der Waals surface area contributed by atoms with Crippen LogP contribution in [0, 0.1) is 5.92 Å². The van der Waals surface area contributed by atoms with E-state index in [-0.39, 0.29) is 23.9 Å². The van der Waals surface area contributed by atoms with Crippen LogP contribution >= 0.6 is 0 Å². The summed E-state index contributed by atoms with van der Waals surface area (Å²) in [5.41, 5.74) is 0.149. The second-order valence-electron chi connectivity index (χ2n) is 8.15. The zero-order chi connectivity index (χ0) is 19.0. The molecule has 0 unspecified atom stereocenters. The molecule has 1 aromatic carbocycles. The number of aromatic nitrogens is 2. The second-order valence-corrected chi connectivity index (χ2v) is 8.15. The lowest BCUT2D eigenvalue weighted by Crippen LogP contribution is -2.62. The molecule has 1 amide bonds. The number of aryl methyl sites for hydroxylation is 1. The number of nitrogens with one attached hydrogen (secondary N) is 1. The minimum atomic E-state index is -0.955. The van der Waals surface area contributed by atoms with Gasteiger partial charge < -0.3 is 15.0 Å². The van der Waals surface area contributed by atoms with Gasteiger partial charge in [0.25, 0.3) is 0 Å². The Labute approximate surface area is 160 Å². The van der Waals surface area contributed by atoms with Crippen molar-refractivity contribution >= 4 is 5.91 Å². The first kappa shape index (κ1) is 18.2. The van der Waals surface area contributed by atoms with E-state index in [4.69, 9.17) is 0 Å². The molecule has 2 fully saturated rings. The third-order valence-electron chi connectivity index (χ3n) is 5.94. The zero-order valence-electron chi connectivity index (χ0n) is 16.0. The van der Waals surface area contributed by atoms with E-state index >= 15 is 0 Å². The molecule has 2 aromatic rings. The van der Waals surface area contributed by atoms with Crippen molar-refractivity contribution < 1.29 is 9.90 Å². The molecule has 1 aromatic heterocycles. The van der Waals surface area contributed by atoms with Crippen molar-refractivity contribution in [3.63, 3.8) is 0 Å². The van der Waals surface area contributed by atoms with Gasteiger partial charge in [-0.1, -0.05) is 30.3 Å². The summed E-state index contributed by atoms with van der Waals surface area (Å²) in [6.45, 7) is 3.27. The number of hydrogen-bond acceptors (Lipinski definition) is 4. The normalized spacial score (nSPS) is 28.9. The van der Waals surface area contributed by atoms with Crippen LogP contribution in [0.15, 0.2) is 42.7 Å². The van der Waals surface area contributed by atoms with Crippen molar-refractivity contribution in [2.45, 2.75) is 50.4 Å². The van der Waals surface area contributed by atoms with Gasteiger partial charge in [0.15, 0.2) is 0 Å². The van der Waals surface area contributed by atoms with Crippen molar-refractivity contribution in [1.82, 2.24) is 19.8 Å². The van der Waals surface area contributed by atoms with E-state index in [0.717, 1.165) is 30.8 Å². The summed E-state index contributed by atoms with van der Waals surface area (Å²) in [6.07, 6.45) is 6.26. The molecule has 1 aliphatic carbocycles. The van der Waals surface area contributed by atoms with Gasteiger partial charge in [-0.3, -0.25) is 9.69 Å². The van der Waals surface area contributed by atoms with E-state index in [0.29, 0.717) is 13.0 Å². The summed E-state index contributed by atoms with van der Waals surface area (Å²) >= 11 is 0. The topological polar surface area (TPSA) is 70.4 Å². The first-order valence-electron chi connectivity index (χ1n) is 9.73. The predicted octanol–water partition coefficient (Wildman–Crippen LogP) is 2.01. The number of aliphatic hydroxyl groups is 1. The van der Waals surface area contributed by atoms with Crippen LogP contribution in [0.3, 0.4) is 0 Å². The van der Waals surface area contributed by atoms with Gasteiger partial charge in [0, 0.05) is 31.9 Å². The highest BCUT2D eigenvalue weighted by atomic mass is 16.3. The molecule has 0 spiro atoms. The summed E-state index contributed by atoms with van der Waals surface area (Å²) < 4.78 is 2.02. The van der Waals surface area contributed by atoms with Gasteiger partial charge in [-0.15, -0.1) is 0 Å². The maximum Gasteiger partial charge on any atom is 0.223 e. The molecular weight excluding hydrogens is 340 g/mol. The minimum Gasteiger partial charge on any atom is -0.388 e. The van der Waals surface area contributed by atoms with Crippen molar-refractivity contribution in [3.05, 3.63) is 54.1 Å². The van der Waals surface area contributed by atoms with E-state index in [9.17, 15) is 9.90 Å². The third kappa shape index (κ3) is 3.77. The summed E-state index contributed by atoms with van der Waals surface area (Å²) in [7, 11) is 1.99. The highest BCUT2D eigenvalue weighted by molar-refractivity contribution is 5.81. The van der Waals surface area contributed by atoms with Crippen molar-refractivity contribution in [2.75, 3.05) is 6.54 Å². The summed E-state index contributed by atoms with van der Waals surface area (Å²) in [6, 6.07) is 9.71. The van der Waals surface area contributed by atoms with Crippen molar-refractivity contribution in [1.29, 1.82) is 0 Å². The number of carbonyl (C=O) groups excluding carboxylic acids is 1. The lowest BCUT2D eigenvalue weighted by Gasteiger charge is -2.49. The molecule has 6 heteroatoms. The Hall–Kier alpha value is -2.18. The molecule has 144 valence electrons. The third-order valence-corrected chi connectivity index (χ3v) is 5.94. The van der Waals surface area contributed by atoms with Gasteiger partial charge in [-0.05, 0) is 31.7 Å². The average Bonchev–Trinajstić information content (AvgIpc) is 3.43. The molecule has 1 aliphatic heterocycles. The number of hydrogen-bond donors (Lipinski definition) is 2. The van der Waals surface area contributed by atoms with Gasteiger partial charge in [-0.2, -0.15) is 0 Å². The monoisotopic (exact) mass is 368 g/mol. The average molecular weight is 368 g/mol. The fraction of sp³-hybridized carbons (Fsp3) is 0.524. The Morgan fingerprint density at radius 2 is 2.07 bits per heavy atom. The van der Waals surface area contributed by atoms with Crippen LogP contribution in [0.4, 0.5) is 0 Å². The highest BCUT2D eigenvalue weighted by Gasteiger charge is 2.47. The van der Waals surface area contributed by atoms with E-state index < -0.39 is 5.60 Å². The van der Waals surface area contributed by atoms with Crippen molar-refractivity contribution in [2.24, 2.45) is 13.0 Å². The number of benzene rings is 1. The molecule has 27 heavy (non-hydrogen) atoms. The highest BCUT2D eigenvalue weighted by Crippen LogP contribution is 2.39. The van der Waals surface area contributed by atoms with Gasteiger partial charge in [0.2, 0.25) is 5.91 Å². The van der Waals surface area contributed by atoms with E-state index in [1.165, 1.54) is 0 Å². The zero-order valence-corrected chi connectivity index (χ0v) is 16.0. The van der Waals surface area contributed by atoms with E-state index in [2.05, 4.69) is 27.3 Å². The summed E-state index contributed by atoms with van der Waals surface area (Å²) in [5, 5.41) is 14.3. The summed E-state index contributed by atoms with van der Waals surface area (Å²) in [4.78, 5) is 19.4. The first-order valence-corrected chi connectivity index (χ1v) is 9.73. The Morgan fingerprint density at radius 1 is 1.33 bits per heavy atom. The van der Waals surface area contributed by atoms with Gasteiger partial charge in [0.05, 0.1) is 24.2 Å². The van der Waals surface area contributed by atoms with Gasteiger partial charge >= 0.3 is 0 Å². The van der Waals surface area contributed by atoms with Crippen LogP contribution in [-0.4, -0.2) is 43.7 Å². The van der Waals surface area contributed by atoms with Crippen LogP contribution in [0.2, 0.25) is 0 Å². The molecule has 6 nitrogen and oxygen atoms in total. The Morgan fingerprint density at radius 3 is 2.70 bits per heavy atom. The molecule has 1 saturated heterocycles. The second kappa shape index (κ2) is 7.09. The maximum absolute atomic E-state index is 12.6. The minimum absolute atomic E-state index is 0.0695. The molecule has 2 N–H and O–H groups in total. The molecular formula is C21H28N4O2. The number of likely N-dealkylation sites (tertiary alicyclic amines) is 1. The summed E-state index contributed by atoms with van der Waals surface area (Å²) in [5.74, 6) is 1.16. The van der Waals surface area contributed by atoms with Crippen LogP contribution in [0.1, 0.15) is 43.6 Å². The van der Waals surface area contributed by atoms with Crippen molar-refractivity contribution in [3.8, 4) is 0 Å². The fourth-order valence-electron chi connectivity index (χ4n) is 4.03. The fourth-order valence-corrected chi connectivity index (χ4v) is 4.03. The quantitative estimate of drug-likeness (QED) is 0.847. The standard InChI is InChI=1S/C21H28N4O2/c1-21(27)10-12-25(14-17-22-11-13-24(17)2)18(15-6-4-3-5-7-15)19(21)23-20(26)16-8-9-16/h3-7,11,13,16,18-19,27H,8-10,12,14H2,1-2H3,(H,23,26)/t18-,19-,21+/m0/s1. The van der Waals surface area contributed by atoms with Gasteiger partial charge in [-0.25, -0.2) is 4.98 Å². The molecule has 0 radical (unpaired) electrons. The number of carbonyl (C=O) groups is 1. The van der Waals surface area contributed by atoms with Crippen LogP contribution in [0.25, 0.3) is 0 Å². The number of rotatable bonds is 5. The lowest BCUT2D eigenvalue weighted by molar-refractivity contribution is -0.130. The number of nitrogens with zero attached hydrogens (tertiary/aromatic N) is 3. The van der Waals surface area contributed by atoms with E-state index in [1.807, 2.05) is 42.9 Å². The Balaban J connectivity index is 1.67. The number of imidazole rings is 1. The number of piperidine rings is 1. The van der Waals surface area contributed by atoms with Gasteiger partial charge in [0.1, 0.15) is 5.82 Å². The SMILES string of the molecule is Cn1ccnc1CN1CC[C@@](C)(O)[C@@H](NC(=O)C2CC2)[C@@H]1c1ccccc1. The maximum atomic E-state index is 12.6. The molecule has 0 bridgehead atoms. The van der Waals surface area contributed by atoms with E-state index in [1.54, 1.807) is 6.20 Å². The first-order chi connectivity index (χ1) is 13.0. The number of amides is 1. The van der Waals surface area contributed by atoms with Crippen LogP contribution < -0.4 is 5.32 Å². The molecule has 4 rings (SSSR count). The predicted molar refractivity (Wildman–Crippen MR) is 103 cm³/mol. The van der Waals surface area contributed by atoms with Crippen LogP contribution in [-0.2, 0) is 18.4 Å². The lowest BCUT2D eigenvalue weighted by atomic mass is 9.79.